The zero-order valence-electron chi connectivity index (χ0n) is 17.8. The van der Waals surface area contributed by atoms with Crippen molar-refractivity contribution < 1.29 is 14.3 Å². The van der Waals surface area contributed by atoms with E-state index < -0.39 is 0 Å². The lowest BCUT2D eigenvalue weighted by atomic mass is 9.49. The Kier molecular flexibility index (Phi) is 5.71. The molecule has 3 nitrogen and oxygen atoms in total. The zero-order chi connectivity index (χ0) is 19.7. The average molecular weight is 385 g/mol. The molecule has 3 unspecified atom stereocenters. The van der Waals surface area contributed by atoms with E-state index in [1.807, 2.05) is 12.1 Å². The van der Waals surface area contributed by atoms with Crippen molar-refractivity contribution in [2.45, 2.75) is 84.2 Å². The molecule has 0 N–H and O–H groups in total. The maximum atomic E-state index is 12.4. The van der Waals surface area contributed by atoms with Crippen LogP contribution >= 0.6 is 0 Å². The number of hydrogen-bond donors (Lipinski definition) is 0. The number of carbonyl (C=O) groups excluding carboxylic acids is 1. The summed E-state index contributed by atoms with van der Waals surface area (Å²) in [4.78, 5) is 12.4. The van der Waals surface area contributed by atoms with Gasteiger partial charge in [-0.25, -0.2) is 0 Å². The fraction of sp³-hybridized carbons (Fsp3) is 0.720. The van der Waals surface area contributed by atoms with Crippen LogP contribution in [0.4, 0.5) is 0 Å². The standard InChI is InChI=1S/C25H36O3/c1-4-17(2)19-7-9-22(10-8-19)27-11-5-6-23(26)28-24-20-12-18-13-21(24)16-25(3,14-18)15-20/h7-10,17-18,20-21,24H,4-6,11-16H2,1-3H3. The SMILES string of the molecule is CCC(C)c1ccc(OCCCC(=O)OC2C3CC4CC2CC(C)(C4)C3)cc1. The van der Waals surface area contributed by atoms with Gasteiger partial charge in [0.2, 0.25) is 0 Å². The number of benzene rings is 1. The van der Waals surface area contributed by atoms with Crippen molar-refractivity contribution in [3.05, 3.63) is 29.8 Å². The van der Waals surface area contributed by atoms with Crippen LogP contribution in [0.25, 0.3) is 0 Å². The van der Waals surface area contributed by atoms with E-state index in [9.17, 15) is 4.79 Å². The van der Waals surface area contributed by atoms with E-state index in [-0.39, 0.29) is 12.1 Å². The molecule has 0 spiro atoms. The number of rotatable bonds is 8. The molecule has 0 amide bonds. The molecule has 0 heterocycles. The second-order valence-electron chi connectivity index (χ2n) is 10.1. The van der Waals surface area contributed by atoms with Gasteiger partial charge in [-0.2, -0.15) is 0 Å². The molecule has 4 fully saturated rings. The zero-order valence-corrected chi connectivity index (χ0v) is 17.8. The highest BCUT2D eigenvalue weighted by atomic mass is 16.5. The van der Waals surface area contributed by atoms with Gasteiger partial charge in [0.1, 0.15) is 11.9 Å². The van der Waals surface area contributed by atoms with Gasteiger partial charge < -0.3 is 9.47 Å². The third-order valence-corrected chi connectivity index (χ3v) is 7.62. The third-order valence-electron chi connectivity index (χ3n) is 7.62. The first-order valence-corrected chi connectivity index (χ1v) is 11.4. The fourth-order valence-electron chi connectivity index (χ4n) is 6.32. The lowest BCUT2D eigenvalue weighted by Gasteiger charge is -2.58. The Labute approximate surface area is 170 Å². The second-order valence-corrected chi connectivity index (χ2v) is 10.1. The van der Waals surface area contributed by atoms with Crippen molar-refractivity contribution in [2.75, 3.05) is 6.61 Å². The largest absolute Gasteiger partial charge is 0.494 e. The second kappa shape index (κ2) is 8.08. The molecular formula is C25H36O3. The van der Waals surface area contributed by atoms with Crippen molar-refractivity contribution in [3.8, 4) is 5.75 Å². The van der Waals surface area contributed by atoms with E-state index in [4.69, 9.17) is 9.47 Å². The van der Waals surface area contributed by atoms with E-state index in [1.54, 1.807) is 0 Å². The Balaban J connectivity index is 1.18. The monoisotopic (exact) mass is 384 g/mol. The van der Waals surface area contributed by atoms with Crippen LogP contribution in [0.2, 0.25) is 0 Å². The van der Waals surface area contributed by atoms with Crippen LogP contribution < -0.4 is 4.74 Å². The molecule has 4 saturated carbocycles. The van der Waals surface area contributed by atoms with Gasteiger partial charge in [0.05, 0.1) is 6.61 Å². The van der Waals surface area contributed by atoms with Gasteiger partial charge in [0.15, 0.2) is 0 Å². The molecule has 0 radical (unpaired) electrons. The maximum Gasteiger partial charge on any atom is 0.306 e. The van der Waals surface area contributed by atoms with Crippen LogP contribution in [0, 0.1) is 23.2 Å². The normalized spacial score (nSPS) is 34.2. The van der Waals surface area contributed by atoms with E-state index in [2.05, 4.69) is 32.9 Å². The summed E-state index contributed by atoms with van der Waals surface area (Å²) in [5.74, 6) is 3.54. The topological polar surface area (TPSA) is 35.5 Å². The summed E-state index contributed by atoms with van der Waals surface area (Å²) < 4.78 is 11.8. The minimum absolute atomic E-state index is 0.0293. The Morgan fingerprint density at radius 1 is 1.14 bits per heavy atom. The van der Waals surface area contributed by atoms with Gasteiger partial charge in [-0.15, -0.1) is 0 Å². The van der Waals surface area contributed by atoms with Crippen LogP contribution in [0.1, 0.15) is 83.6 Å². The van der Waals surface area contributed by atoms with Crippen LogP contribution in [0.15, 0.2) is 24.3 Å². The number of carbonyl (C=O) groups is 1. The van der Waals surface area contributed by atoms with Crippen molar-refractivity contribution in [3.63, 3.8) is 0 Å². The van der Waals surface area contributed by atoms with Crippen molar-refractivity contribution >= 4 is 5.97 Å². The molecule has 1 aromatic carbocycles. The molecule has 3 atom stereocenters. The number of ether oxygens (including phenoxy) is 2. The highest BCUT2D eigenvalue weighted by molar-refractivity contribution is 5.69. The highest BCUT2D eigenvalue weighted by Crippen LogP contribution is 2.60. The van der Waals surface area contributed by atoms with Gasteiger partial charge in [-0.1, -0.05) is 32.9 Å². The summed E-state index contributed by atoms with van der Waals surface area (Å²) in [6.07, 6.45) is 8.98. The lowest BCUT2D eigenvalue weighted by molar-refractivity contribution is -0.179. The average Bonchev–Trinajstić information content (AvgIpc) is 2.66. The van der Waals surface area contributed by atoms with Gasteiger partial charge >= 0.3 is 5.97 Å². The molecule has 0 aliphatic heterocycles. The number of esters is 1. The summed E-state index contributed by atoms with van der Waals surface area (Å²) in [7, 11) is 0. The first-order valence-electron chi connectivity index (χ1n) is 11.4. The Bertz CT molecular complexity index is 664. The van der Waals surface area contributed by atoms with E-state index >= 15 is 0 Å². The first kappa shape index (κ1) is 19.8. The molecule has 154 valence electrons. The Morgan fingerprint density at radius 2 is 1.82 bits per heavy atom. The van der Waals surface area contributed by atoms with Crippen LogP contribution in [0.5, 0.6) is 5.75 Å². The predicted octanol–water partition coefficient (Wildman–Crippen LogP) is 6.12. The van der Waals surface area contributed by atoms with Gasteiger partial charge in [0, 0.05) is 6.42 Å². The molecule has 1 aromatic rings. The van der Waals surface area contributed by atoms with Crippen molar-refractivity contribution in [1.82, 2.24) is 0 Å². The van der Waals surface area contributed by atoms with Crippen LogP contribution in [0.3, 0.4) is 0 Å². The van der Waals surface area contributed by atoms with Gasteiger partial charge in [0.25, 0.3) is 0 Å². The smallest absolute Gasteiger partial charge is 0.306 e. The van der Waals surface area contributed by atoms with E-state index in [1.165, 1.54) is 37.7 Å². The third kappa shape index (κ3) is 4.23. The van der Waals surface area contributed by atoms with Gasteiger partial charge in [-0.05, 0) is 91.7 Å². The molecule has 4 aliphatic rings. The predicted molar refractivity (Wildman–Crippen MR) is 111 cm³/mol. The van der Waals surface area contributed by atoms with Crippen LogP contribution in [-0.2, 0) is 9.53 Å². The molecule has 28 heavy (non-hydrogen) atoms. The summed E-state index contributed by atoms with van der Waals surface area (Å²) >= 11 is 0. The molecule has 3 heteroatoms. The van der Waals surface area contributed by atoms with Crippen LogP contribution in [-0.4, -0.2) is 18.7 Å². The minimum atomic E-state index is -0.0293. The maximum absolute atomic E-state index is 12.4. The Morgan fingerprint density at radius 3 is 2.43 bits per heavy atom. The minimum Gasteiger partial charge on any atom is -0.494 e. The van der Waals surface area contributed by atoms with Gasteiger partial charge in [-0.3, -0.25) is 4.79 Å². The molecule has 5 rings (SSSR count). The lowest BCUT2D eigenvalue weighted by Crippen LogP contribution is -2.53. The summed E-state index contributed by atoms with van der Waals surface area (Å²) in [5.41, 5.74) is 1.88. The first-order chi connectivity index (χ1) is 13.5. The molecule has 0 aromatic heterocycles. The van der Waals surface area contributed by atoms with E-state index in [0.717, 1.165) is 18.1 Å². The van der Waals surface area contributed by atoms with Crippen molar-refractivity contribution in [1.29, 1.82) is 0 Å². The Hall–Kier alpha value is -1.51. The van der Waals surface area contributed by atoms with Crippen molar-refractivity contribution in [2.24, 2.45) is 23.2 Å². The highest BCUT2D eigenvalue weighted by Gasteiger charge is 2.54. The molecule has 0 saturated heterocycles. The van der Waals surface area contributed by atoms with E-state index in [0.29, 0.717) is 42.6 Å². The quantitative estimate of drug-likeness (QED) is 0.400. The molecular weight excluding hydrogens is 348 g/mol. The summed E-state index contributed by atoms with van der Waals surface area (Å²) in [5, 5.41) is 0. The summed E-state index contributed by atoms with van der Waals surface area (Å²) in [6, 6.07) is 8.36. The molecule has 4 bridgehead atoms. The molecule has 4 aliphatic carbocycles. The number of hydrogen-bond acceptors (Lipinski definition) is 3. The summed E-state index contributed by atoms with van der Waals surface area (Å²) in [6.45, 7) is 7.46. The fourth-order valence-corrected chi connectivity index (χ4v) is 6.32.